The van der Waals surface area contributed by atoms with Crippen molar-refractivity contribution in [1.82, 2.24) is 20.3 Å². The van der Waals surface area contributed by atoms with Gasteiger partial charge in [-0.3, -0.25) is 4.98 Å². The lowest BCUT2D eigenvalue weighted by atomic mass is 10.0. The number of piperazine rings is 1. The van der Waals surface area contributed by atoms with Crippen LogP contribution in [0.25, 0.3) is 32.9 Å². The van der Waals surface area contributed by atoms with Crippen molar-refractivity contribution in [2.24, 2.45) is 0 Å². The van der Waals surface area contributed by atoms with E-state index in [1.54, 1.807) is 18.3 Å². The first-order valence-electron chi connectivity index (χ1n) is 11.1. The fourth-order valence-corrected chi connectivity index (χ4v) is 4.69. The maximum atomic E-state index is 16.1. The molecule has 1 fully saturated rings. The van der Waals surface area contributed by atoms with Gasteiger partial charge in [0.15, 0.2) is 5.82 Å². The van der Waals surface area contributed by atoms with Gasteiger partial charge >= 0.3 is 6.01 Å². The number of ether oxygens (including phenoxy) is 1. The number of nitriles is 1. The standard InChI is InChI=1S/C25H22ClFN6O/c1-2-34-25-31-23-18(24(32-25)33-12-11-29-16(14-33)9-10-28)13-30-22(21(23)27)17-7-3-5-15-6-4-8-19(26)20(15)17/h3-8,13,16,29H,2,9,11-12,14H2,1H3/t16-/m0/s1. The van der Waals surface area contributed by atoms with Crippen LogP contribution < -0.4 is 15.0 Å². The molecular weight excluding hydrogens is 455 g/mol. The van der Waals surface area contributed by atoms with Crippen LogP contribution in [0.1, 0.15) is 13.3 Å². The van der Waals surface area contributed by atoms with Crippen molar-refractivity contribution in [1.29, 1.82) is 5.26 Å². The fourth-order valence-electron chi connectivity index (χ4n) is 4.40. The van der Waals surface area contributed by atoms with E-state index in [0.29, 0.717) is 54.5 Å². The lowest BCUT2D eigenvalue weighted by Crippen LogP contribution is -2.51. The van der Waals surface area contributed by atoms with E-state index >= 15 is 4.39 Å². The molecule has 2 aromatic heterocycles. The molecule has 4 aromatic rings. The Hall–Kier alpha value is -3.54. The summed E-state index contributed by atoms with van der Waals surface area (Å²) in [7, 11) is 0. The number of hydrogen-bond acceptors (Lipinski definition) is 7. The lowest BCUT2D eigenvalue weighted by Gasteiger charge is -2.34. The van der Waals surface area contributed by atoms with E-state index in [2.05, 4.69) is 26.3 Å². The first-order chi connectivity index (χ1) is 16.6. The topological polar surface area (TPSA) is 87.0 Å². The summed E-state index contributed by atoms with van der Waals surface area (Å²) in [5, 5.41) is 15.1. The summed E-state index contributed by atoms with van der Waals surface area (Å²) in [6.07, 6.45) is 1.98. The molecule has 1 aliphatic heterocycles. The van der Waals surface area contributed by atoms with E-state index < -0.39 is 5.82 Å². The van der Waals surface area contributed by atoms with Gasteiger partial charge in [0, 0.05) is 47.8 Å². The molecule has 0 bridgehead atoms. The van der Waals surface area contributed by atoms with Gasteiger partial charge in [0.25, 0.3) is 0 Å². The first-order valence-corrected chi connectivity index (χ1v) is 11.5. The molecule has 3 heterocycles. The summed E-state index contributed by atoms with van der Waals surface area (Å²) < 4.78 is 21.6. The van der Waals surface area contributed by atoms with E-state index in [9.17, 15) is 0 Å². The summed E-state index contributed by atoms with van der Waals surface area (Å²) in [4.78, 5) is 15.5. The quantitative estimate of drug-likeness (QED) is 0.445. The Morgan fingerprint density at radius 3 is 2.88 bits per heavy atom. The van der Waals surface area contributed by atoms with Gasteiger partial charge in [-0.1, -0.05) is 41.9 Å². The molecule has 0 unspecified atom stereocenters. The van der Waals surface area contributed by atoms with Gasteiger partial charge in [0.1, 0.15) is 17.0 Å². The van der Waals surface area contributed by atoms with Crippen LogP contribution in [0.3, 0.4) is 0 Å². The predicted molar refractivity (Wildman–Crippen MR) is 131 cm³/mol. The van der Waals surface area contributed by atoms with Gasteiger partial charge in [-0.2, -0.15) is 15.2 Å². The fraction of sp³-hybridized carbons (Fsp3) is 0.280. The van der Waals surface area contributed by atoms with Crippen LogP contribution in [0.15, 0.2) is 42.6 Å². The second kappa shape index (κ2) is 9.37. The molecule has 0 spiro atoms. The van der Waals surface area contributed by atoms with Crippen LogP contribution in [0, 0.1) is 17.1 Å². The third-order valence-corrected chi connectivity index (χ3v) is 6.23. The molecule has 0 saturated carbocycles. The van der Waals surface area contributed by atoms with E-state index in [4.69, 9.17) is 21.6 Å². The van der Waals surface area contributed by atoms with Crippen LogP contribution >= 0.6 is 11.6 Å². The van der Waals surface area contributed by atoms with Crippen molar-refractivity contribution < 1.29 is 9.13 Å². The highest BCUT2D eigenvalue weighted by Gasteiger charge is 2.25. The number of pyridine rings is 1. The average molecular weight is 477 g/mol. The monoisotopic (exact) mass is 476 g/mol. The zero-order chi connectivity index (χ0) is 23.7. The Morgan fingerprint density at radius 1 is 1.26 bits per heavy atom. The van der Waals surface area contributed by atoms with Gasteiger partial charge in [-0.25, -0.2) is 4.39 Å². The average Bonchev–Trinajstić information content (AvgIpc) is 2.85. The minimum Gasteiger partial charge on any atom is -0.464 e. The number of halogens is 2. The third-order valence-electron chi connectivity index (χ3n) is 5.92. The van der Waals surface area contributed by atoms with Gasteiger partial charge in [0.2, 0.25) is 0 Å². The van der Waals surface area contributed by atoms with Crippen LogP contribution in [0.2, 0.25) is 5.02 Å². The van der Waals surface area contributed by atoms with Gasteiger partial charge in [-0.15, -0.1) is 0 Å². The van der Waals surface area contributed by atoms with Crippen molar-refractivity contribution in [3.05, 3.63) is 53.4 Å². The molecule has 1 atom stereocenters. The van der Waals surface area contributed by atoms with Crippen molar-refractivity contribution in [2.45, 2.75) is 19.4 Å². The van der Waals surface area contributed by atoms with Gasteiger partial charge in [-0.05, 0) is 18.4 Å². The van der Waals surface area contributed by atoms with Crippen molar-refractivity contribution >= 4 is 39.1 Å². The Labute approximate surface area is 201 Å². The molecule has 0 radical (unpaired) electrons. The van der Waals surface area contributed by atoms with E-state index in [0.717, 1.165) is 10.8 Å². The van der Waals surface area contributed by atoms with Gasteiger partial charge < -0.3 is 15.0 Å². The number of nitrogens with one attached hydrogen (secondary N) is 1. The first kappa shape index (κ1) is 22.3. The zero-order valence-electron chi connectivity index (χ0n) is 18.6. The zero-order valence-corrected chi connectivity index (χ0v) is 19.3. The minimum atomic E-state index is -0.557. The molecule has 2 aromatic carbocycles. The maximum Gasteiger partial charge on any atom is 0.319 e. The minimum absolute atomic E-state index is 0.00536. The summed E-state index contributed by atoms with van der Waals surface area (Å²) in [5.74, 6) is -0.00924. The Balaban J connectivity index is 1.69. The van der Waals surface area contributed by atoms with Crippen LogP contribution in [0.4, 0.5) is 10.2 Å². The van der Waals surface area contributed by atoms with E-state index in [1.165, 1.54) is 0 Å². The number of hydrogen-bond donors (Lipinski definition) is 1. The third kappa shape index (κ3) is 3.98. The van der Waals surface area contributed by atoms with E-state index in [1.807, 2.05) is 36.1 Å². The largest absolute Gasteiger partial charge is 0.464 e. The molecule has 0 amide bonds. The van der Waals surface area contributed by atoms with Crippen molar-refractivity contribution in [2.75, 3.05) is 31.1 Å². The molecular formula is C25H22ClFN6O. The number of aromatic nitrogens is 3. The summed E-state index contributed by atoms with van der Waals surface area (Å²) in [6.45, 7) is 4.08. The SMILES string of the molecule is CCOc1nc(N2CCN[C@@H](CC#N)C2)c2cnc(-c3cccc4cccc(Cl)c34)c(F)c2n1. The van der Waals surface area contributed by atoms with Gasteiger partial charge in [0.05, 0.1) is 24.5 Å². The Bertz CT molecular complexity index is 1420. The van der Waals surface area contributed by atoms with Crippen molar-refractivity contribution in [3.63, 3.8) is 0 Å². The summed E-state index contributed by atoms with van der Waals surface area (Å²) >= 11 is 6.48. The highest BCUT2D eigenvalue weighted by atomic mass is 35.5. The molecule has 1 N–H and O–H groups in total. The number of benzene rings is 2. The number of fused-ring (bicyclic) bond motifs is 2. The number of rotatable bonds is 5. The van der Waals surface area contributed by atoms with Crippen LogP contribution in [0.5, 0.6) is 6.01 Å². The lowest BCUT2D eigenvalue weighted by molar-refractivity contribution is 0.313. The number of anilines is 1. The molecule has 0 aliphatic carbocycles. The highest BCUT2D eigenvalue weighted by Crippen LogP contribution is 2.37. The smallest absolute Gasteiger partial charge is 0.319 e. The summed E-state index contributed by atoms with van der Waals surface area (Å²) in [6, 6.07) is 13.5. The summed E-state index contributed by atoms with van der Waals surface area (Å²) in [5.41, 5.74) is 0.899. The molecule has 9 heteroatoms. The van der Waals surface area contributed by atoms with Crippen LogP contribution in [-0.2, 0) is 0 Å². The maximum absolute atomic E-state index is 16.1. The second-order valence-electron chi connectivity index (χ2n) is 8.05. The molecule has 7 nitrogen and oxygen atoms in total. The predicted octanol–water partition coefficient (Wildman–Crippen LogP) is 4.73. The molecule has 1 aliphatic rings. The second-order valence-corrected chi connectivity index (χ2v) is 8.46. The molecule has 34 heavy (non-hydrogen) atoms. The highest BCUT2D eigenvalue weighted by molar-refractivity contribution is 6.36. The number of nitrogens with zero attached hydrogens (tertiary/aromatic N) is 5. The van der Waals surface area contributed by atoms with Crippen molar-refractivity contribution in [3.8, 4) is 23.3 Å². The Kier molecular flexibility index (Phi) is 6.14. The van der Waals surface area contributed by atoms with E-state index in [-0.39, 0.29) is 23.3 Å². The van der Waals surface area contributed by atoms with Crippen LogP contribution in [-0.4, -0.2) is 47.2 Å². The Morgan fingerprint density at radius 2 is 2.09 bits per heavy atom. The molecule has 1 saturated heterocycles. The normalized spacial score (nSPS) is 16.1. The molecule has 172 valence electrons. The molecule has 5 rings (SSSR count).